The summed E-state index contributed by atoms with van der Waals surface area (Å²) in [6.07, 6.45) is 2.67. The lowest BCUT2D eigenvalue weighted by atomic mass is 10.1. The van der Waals surface area contributed by atoms with Crippen LogP contribution in [0.2, 0.25) is 10.2 Å². The standard InChI is InChI=1S/C24H21Cl2N3O4/c1-16-19(24(26)29(28-16)14-18-9-5-6-10-20(18)25)11-12-23(32)33-15-22(31)27-21(30)13-17-7-3-2-4-8-17/h2-12H,13-15H2,1H3,(H,27,30,31)/b12-11+. The molecule has 0 radical (unpaired) electrons. The second-order valence-corrected chi connectivity index (χ2v) is 7.88. The molecule has 0 atom stereocenters. The Kier molecular flexibility index (Phi) is 8.40. The van der Waals surface area contributed by atoms with Crippen molar-refractivity contribution >= 4 is 47.1 Å². The summed E-state index contributed by atoms with van der Waals surface area (Å²) in [4.78, 5) is 35.7. The Labute approximate surface area is 201 Å². The van der Waals surface area contributed by atoms with E-state index in [0.29, 0.717) is 28.0 Å². The number of hydrogen-bond donors (Lipinski definition) is 1. The van der Waals surface area contributed by atoms with Gasteiger partial charge in [-0.15, -0.1) is 0 Å². The summed E-state index contributed by atoms with van der Waals surface area (Å²) < 4.78 is 6.48. The van der Waals surface area contributed by atoms with Crippen LogP contribution >= 0.6 is 23.2 Å². The molecule has 170 valence electrons. The molecule has 1 aromatic heterocycles. The molecule has 7 nitrogen and oxygen atoms in total. The van der Waals surface area contributed by atoms with Gasteiger partial charge in [0.2, 0.25) is 5.91 Å². The molecule has 0 saturated heterocycles. The first-order valence-corrected chi connectivity index (χ1v) is 10.8. The first kappa shape index (κ1) is 24.2. The van der Waals surface area contributed by atoms with Gasteiger partial charge < -0.3 is 4.74 Å². The predicted octanol–water partition coefficient (Wildman–Crippen LogP) is 3.99. The third-order valence-corrected chi connectivity index (χ3v) is 5.37. The van der Waals surface area contributed by atoms with E-state index in [-0.39, 0.29) is 6.42 Å². The number of nitrogens with zero attached hydrogens (tertiary/aromatic N) is 2. The van der Waals surface area contributed by atoms with Crippen LogP contribution in [0.5, 0.6) is 0 Å². The first-order chi connectivity index (χ1) is 15.8. The molecule has 1 heterocycles. The lowest BCUT2D eigenvalue weighted by Crippen LogP contribution is -2.35. The molecule has 0 aliphatic carbocycles. The van der Waals surface area contributed by atoms with E-state index >= 15 is 0 Å². The zero-order chi connectivity index (χ0) is 23.8. The van der Waals surface area contributed by atoms with E-state index in [1.165, 1.54) is 6.08 Å². The highest BCUT2D eigenvalue weighted by Crippen LogP contribution is 2.24. The van der Waals surface area contributed by atoms with Gasteiger partial charge in [0.1, 0.15) is 5.15 Å². The monoisotopic (exact) mass is 485 g/mol. The molecular weight excluding hydrogens is 465 g/mol. The maximum Gasteiger partial charge on any atom is 0.331 e. The molecular formula is C24H21Cl2N3O4. The van der Waals surface area contributed by atoms with E-state index < -0.39 is 24.4 Å². The van der Waals surface area contributed by atoms with Gasteiger partial charge in [-0.1, -0.05) is 71.7 Å². The summed E-state index contributed by atoms with van der Waals surface area (Å²) in [6.45, 7) is 1.54. The SMILES string of the molecule is Cc1nn(Cc2ccccc2Cl)c(Cl)c1/C=C/C(=O)OCC(=O)NC(=O)Cc1ccccc1. The number of aryl methyl sites for hydroxylation is 1. The first-order valence-electron chi connectivity index (χ1n) is 10.0. The fourth-order valence-electron chi connectivity index (χ4n) is 3.00. The van der Waals surface area contributed by atoms with Gasteiger partial charge in [-0.2, -0.15) is 5.10 Å². The largest absolute Gasteiger partial charge is 0.452 e. The number of hydrogen-bond acceptors (Lipinski definition) is 5. The van der Waals surface area contributed by atoms with Crippen LogP contribution in [0.25, 0.3) is 6.08 Å². The number of amides is 2. The van der Waals surface area contributed by atoms with Gasteiger partial charge in [0.25, 0.3) is 5.91 Å². The number of benzene rings is 2. The Hall–Kier alpha value is -3.42. The molecule has 0 aliphatic rings. The van der Waals surface area contributed by atoms with Crippen LogP contribution in [0.1, 0.15) is 22.4 Å². The summed E-state index contributed by atoms with van der Waals surface area (Å²) in [7, 11) is 0. The average Bonchev–Trinajstić information content (AvgIpc) is 3.05. The minimum absolute atomic E-state index is 0.0520. The van der Waals surface area contributed by atoms with Gasteiger partial charge in [0, 0.05) is 16.7 Å². The van der Waals surface area contributed by atoms with Gasteiger partial charge in [-0.25, -0.2) is 9.48 Å². The zero-order valence-corrected chi connectivity index (χ0v) is 19.3. The molecule has 0 aliphatic heterocycles. The summed E-state index contributed by atoms with van der Waals surface area (Å²) in [6, 6.07) is 16.3. The number of halogens is 2. The van der Waals surface area contributed by atoms with Crippen LogP contribution in [0, 0.1) is 6.92 Å². The van der Waals surface area contributed by atoms with Crippen molar-refractivity contribution in [2.24, 2.45) is 0 Å². The third-order valence-electron chi connectivity index (χ3n) is 4.61. The van der Waals surface area contributed by atoms with Crippen molar-refractivity contribution in [1.82, 2.24) is 15.1 Å². The van der Waals surface area contributed by atoms with Crippen molar-refractivity contribution < 1.29 is 19.1 Å². The molecule has 33 heavy (non-hydrogen) atoms. The van der Waals surface area contributed by atoms with E-state index in [4.69, 9.17) is 27.9 Å². The fraction of sp³-hybridized carbons (Fsp3) is 0.167. The van der Waals surface area contributed by atoms with Crippen molar-refractivity contribution in [2.75, 3.05) is 6.61 Å². The van der Waals surface area contributed by atoms with E-state index in [9.17, 15) is 14.4 Å². The molecule has 2 amide bonds. The number of rotatable bonds is 8. The highest BCUT2D eigenvalue weighted by atomic mass is 35.5. The van der Waals surface area contributed by atoms with E-state index in [1.807, 2.05) is 24.3 Å². The second-order valence-electron chi connectivity index (χ2n) is 7.11. The Morgan fingerprint density at radius 2 is 1.73 bits per heavy atom. The van der Waals surface area contributed by atoms with Crippen molar-refractivity contribution in [3.63, 3.8) is 0 Å². The molecule has 0 spiro atoms. The summed E-state index contributed by atoms with van der Waals surface area (Å²) in [5.41, 5.74) is 2.78. The molecule has 2 aromatic carbocycles. The van der Waals surface area contributed by atoms with Crippen LogP contribution in [0.4, 0.5) is 0 Å². The van der Waals surface area contributed by atoms with Crippen molar-refractivity contribution in [3.05, 3.63) is 93.2 Å². The molecule has 0 fully saturated rings. The number of carbonyl (C=O) groups excluding carboxylic acids is 3. The highest BCUT2D eigenvalue weighted by molar-refractivity contribution is 6.32. The van der Waals surface area contributed by atoms with Gasteiger partial charge in [-0.3, -0.25) is 14.9 Å². The minimum atomic E-state index is -0.755. The highest BCUT2D eigenvalue weighted by Gasteiger charge is 2.14. The second kappa shape index (κ2) is 11.4. The smallest absolute Gasteiger partial charge is 0.331 e. The lowest BCUT2D eigenvalue weighted by molar-refractivity contribution is -0.145. The van der Waals surface area contributed by atoms with Crippen LogP contribution in [-0.4, -0.2) is 34.2 Å². The zero-order valence-electron chi connectivity index (χ0n) is 17.8. The maximum atomic E-state index is 12.0. The van der Waals surface area contributed by atoms with Gasteiger partial charge >= 0.3 is 5.97 Å². The fourth-order valence-corrected chi connectivity index (χ4v) is 3.50. The maximum absolute atomic E-state index is 12.0. The van der Waals surface area contributed by atoms with Gasteiger partial charge in [0.15, 0.2) is 6.61 Å². The molecule has 0 unspecified atom stereocenters. The lowest BCUT2D eigenvalue weighted by Gasteiger charge is -2.05. The Morgan fingerprint density at radius 3 is 2.45 bits per heavy atom. The third kappa shape index (κ3) is 7.03. The molecule has 0 saturated carbocycles. The molecule has 3 aromatic rings. The Morgan fingerprint density at radius 1 is 1.03 bits per heavy atom. The number of esters is 1. The van der Waals surface area contributed by atoms with E-state index in [1.54, 1.807) is 41.9 Å². The number of ether oxygens (including phenoxy) is 1. The Bertz CT molecular complexity index is 1190. The number of carbonyl (C=O) groups is 3. The summed E-state index contributed by atoms with van der Waals surface area (Å²) in [5, 5.41) is 7.50. The molecule has 0 bridgehead atoms. The van der Waals surface area contributed by atoms with E-state index in [0.717, 1.165) is 17.2 Å². The van der Waals surface area contributed by atoms with Crippen LogP contribution in [0.15, 0.2) is 60.7 Å². The van der Waals surface area contributed by atoms with Gasteiger partial charge in [-0.05, 0) is 30.2 Å². The number of nitrogens with one attached hydrogen (secondary N) is 1. The number of imide groups is 1. The van der Waals surface area contributed by atoms with Crippen molar-refractivity contribution in [2.45, 2.75) is 19.9 Å². The number of aromatic nitrogens is 2. The molecule has 3 rings (SSSR count). The topological polar surface area (TPSA) is 90.3 Å². The average molecular weight is 486 g/mol. The minimum Gasteiger partial charge on any atom is -0.452 e. The van der Waals surface area contributed by atoms with E-state index in [2.05, 4.69) is 10.4 Å². The summed E-state index contributed by atoms with van der Waals surface area (Å²) in [5.74, 6) is -1.94. The van der Waals surface area contributed by atoms with Crippen molar-refractivity contribution in [3.8, 4) is 0 Å². The summed E-state index contributed by atoms with van der Waals surface area (Å²) >= 11 is 12.6. The molecule has 9 heteroatoms. The Balaban J connectivity index is 1.52. The van der Waals surface area contributed by atoms with Crippen LogP contribution in [0.3, 0.4) is 0 Å². The van der Waals surface area contributed by atoms with Crippen LogP contribution in [-0.2, 0) is 32.1 Å². The van der Waals surface area contributed by atoms with Crippen molar-refractivity contribution in [1.29, 1.82) is 0 Å². The normalized spacial score (nSPS) is 10.9. The predicted molar refractivity (Wildman–Crippen MR) is 126 cm³/mol. The quantitative estimate of drug-likeness (QED) is 0.384. The van der Waals surface area contributed by atoms with Gasteiger partial charge in [0.05, 0.1) is 18.7 Å². The van der Waals surface area contributed by atoms with Crippen LogP contribution < -0.4 is 5.32 Å². The molecule has 1 N–H and O–H groups in total.